The number of nitrogens with zero attached hydrogens (tertiary/aromatic N) is 3. The Labute approximate surface area is 115 Å². The van der Waals surface area contributed by atoms with Gasteiger partial charge in [0.15, 0.2) is 5.69 Å². The summed E-state index contributed by atoms with van der Waals surface area (Å²) in [5.74, 6) is 0.446. The fraction of sp³-hybridized carbons (Fsp3) is 0.250. The molecule has 2 rings (SSSR count). The van der Waals surface area contributed by atoms with Crippen LogP contribution < -0.4 is 10.6 Å². The second kappa shape index (κ2) is 5.71. The summed E-state index contributed by atoms with van der Waals surface area (Å²) in [7, 11) is 1.67. The number of hydrogen-bond donors (Lipinski definition) is 2. The lowest BCUT2D eigenvalue weighted by molar-refractivity contribution is 0.102. The highest BCUT2D eigenvalue weighted by atomic mass is 35.5. The van der Waals surface area contributed by atoms with Gasteiger partial charge in [-0.3, -0.25) is 9.48 Å². The van der Waals surface area contributed by atoms with Crippen molar-refractivity contribution in [2.45, 2.75) is 6.92 Å². The van der Waals surface area contributed by atoms with Crippen LogP contribution in [0.4, 0.5) is 11.5 Å². The van der Waals surface area contributed by atoms with E-state index in [1.165, 1.54) is 10.7 Å². The normalized spacial score (nSPS) is 10.3. The largest absolute Gasteiger partial charge is 0.370 e. The summed E-state index contributed by atoms with van der Waals surface area (Å²) in [5.41, 5.74) is 0.872. The molecule has 0 aliphatic heterocycles. The van der Waals surface area contributed by atoms with Crippen LogP contribution in [0.2, 0.25) is 5.15 Å². The lowest BCUT2D eigenvalue weighted by Crippen LogP contribution is -2.13. The van der Waals surface area contributed by atoms with Crippen LogP contribution in [0.5, 0.6) is 0 Å². The highest BCUT2D eigenvalue weighted by Crippen LogP contribution is 2.13. The number of aryl methyl sites for hydroxylation is 1. The van der Waals surface area contributed by atoms with Crippen molar-refractivity contribution in [3.63, 3.8) is 0 Å². The fourth-order valence-electron chi connectivity index (χ4n) is 1.50. The molecule has 19 heavy (non-hydrogen) atoms. The van der Waals surface area contributed by atoms with Crippen molar-refractivity contribution >= 4 is 29.0 Å². The Hall–Kier alpha value is -2.08. The van der Waals surface area contributed by atoms with E-state index in [0.29, 0.717) is 10.8 Å². The van der Waals surface area contributed by atoms with Gasteiger partial charge in [-0.25, -0.2) is 4.98 Å². The average Bonchev–Trinajstić information content (AvgIpc) is 2.72. The van der Waals surface area contributed by atoms with Crippen LogP contribution in [0.3, 0.4) is 0 Å². The second-order valence-corrected chi connectivity index (χ2v) is 4.28. The molecule has 0 unspecified atom stereocenters. The predicted molar refractivity (Wildman–Crippen MR) is 74.6 cm³/mol. The van der Waals surface area contributed by atoms with E-state index in [0.717, 1.165) is 12.4 Å². The molecular weight excluding hydrogens is 266 g/mol. The van der Waals surface area contributed by atoms with Gasteiger partial charge in [0.2, 0.25) is 0 Å². The van der Waals surface area contributed by atoms with Gasteiger partial charge in [0.25, 0.3) is 5.91 Å². The average molecular weight is 280 g/mol. The van der Waals surface area contributed by atoms with Gasteiger partial charge in [-0.05, 0) is 19.1 Å². The minimum atomic E-state index is -0.319. The molecule has 0 aromatic carbocycles. The van der Waals surface area contributed by atoms with E-state index in [9.17, 15) is 4.79 Å². The first-order valence-corrected chi connectivity index (χ1v) is 6.18. The van der Waals surface area contributed by atoms with Gasteiger partial charge in [0.1, 0.15) is 11.0 Å². The molecule has 0 fully saturated rings. The summed E-state index contributed by atoms with van der Waals surface area (Å²) in [6.45, 7) is 2.79. The number of halogens is 1. The number of pyridine rings is 1. The van der Waals surface area contributed by atoms with Crippen molar-refractivity contribution in [2.75, 3.05) is 17.2 Å². The lowest BCUT2D eigenvalue weighted by Gasteiger charge is -2.05. The van der Waals surface area contributed by atoms with E-state index in [4.69, 9.17) is 11.6 Å². The lowest BCUT2D eigenvalue weighted by atomic mass is 10.3. The maximum Gasteiger partial charge on any atom is 0.276 e. The first kappa shape index (κ1) is 13.4. The van der Waals surface area contributed by atoms with Crippen LogP contribution in [0, 0.1) is 0 Å². The number of aromatic nitrogens is 3. The van der Waals surface area contributed by atoms with Crippen molar-refractivity contribution in [1.82, 2.24) is 14.8 Å². The molecule has 0 radical (unpaired) electrons. The van der Waals surface area contributed by atoms with E-state index in [2.05, 4.69) is 20.7 Å². The molecular formula is C12H14ClN5O. The van der Waals surface area contributed by atoms with Crippen LogP contribution in [0.15, 0.2) is 24.4 Å². The molecule has 0 spiro atoms. The van der Waals surface area contributed by atoms with Crippen LogP contribution in [-0.2, 0) is 7.05 Å². The molecule has 2 heterocycles. The van der Waals surface area contributed by atoms with Gasteiger partial charge < -0.3 is 10.6 Å². The molecule has 2 aromatic rings. The third-order valence-electron chi connectivity index (χ3n) is 2.43. The first-order chi connectivity index (χ1) is 9.10. The Kier molecular flexibility index (Phi) is 4.01. The number of amides is 1. The standard InChI is InChI=1S/C12H14ClN5O/c1-3-14-11-5-4-8(7-15-11)16-12(19)9-6-10(13)18(2)17-9/h4-7H,3H2,1-2H3,(H,14,15)(H,16,19). The van der Waals surface area contributed by atoms with Crippen LogP contribution in [0.1, 0.15) is 17.4 Å². The smallest absolute Gasteiger partial charge is 0.276 e. The van der Waals surface area contributed by atoms with E-state index in [1.54, 1.807) is 25.4 Å². The molecule has 0 aliphatic rings. The second-order valence-electron chi connectivity index (χ2n) is 3.89. The minimum Gasteiger partial charge on any atom is -0.370 e. The van der Waals surface area contributed by atoms with E-state index in [-0.39, 0.29) is 11.6 Å². The summed E-state index contributed by atoms with van der Waals surface area (Å²) < 4.78 is 1.43. The zero-order chi connectivity index (χ0) is 13.8. The molecule has 2 N–H and O–H groups in total. The number of rotatable bonds is 4. The highest BCUT2D eigenvalue weighted by Gasteiger charge is 2.12. The fourth-order valence-corrected chi connectivity index (χ4v) is 1.65. The molecule has 6 nitrogen and oxygen atoms in total. The van der Waals surface area contributed by atoms with Gasteiger partial charge in [-0.1, -0.05) is 11.6 Å². The predicted octanol–water partition coefficient (Wildman–Crippen LogP) is 2.15. The Morgan fingerprint density at radius 1 is 1.47 bits per heavy atom. The Bertz CT molecular complexity index is 559. The zero-order valence-corrected chi connectivity index (χ0v) is 11.4. The Balaban J connectivity index is 2.06. The summed E-state index contributed by atoms with van der Waals surface area (Å²) >= 11 is 5.83. The third-order valence-corrected chi connectivity index (χ3v) is 2.79. The summed E-state index contributed by atoms with van der Waals surface area (Å²) in [6, 6.07) is 5.08. The summed E-state index contributed by atoms with van der Waals surface area (Å²) in [5, 5.41) is 10.2. The summed E-state index contributed by atoms with van der Waals surface area (Å²) in [6.07, 6.45) is 1.58. The monoisotopic (exact) mass is 279 g/mol. The summed E-state index contributed by atoms with van der Waals surface area (Å²) in [4.78, 5) is 16.1. The number of carbonyl (C=O) groups excluding carboxylic acids is 1. The molecule has 0 aliphatic carbocycles. The van der Waals surface area contributed by atoms with Crippen molar-refractivity contribution in [3.05, 3.63) is 35.2 Å². The molecule has 0 bridgehead atoms. The maximum absolute atomic E-state index is 11.9. The Morgan fingerprint density at radius 3 is 2.79 bits per heavy atom. The number of carbonyl (C=O) groups is 1. The topological polar surface area (TPSA) is 71.8 Å². The maximum atomic E-state index is 11.9. The van der Waals surface area contributed by atoms with Gasteiger partial charge in [0, 0.05) is 19.7 Å². The number of nitrogens with one attached hydrogen (secondary N) is 2. The number of anilines is 2. The molecule has 0 saturated carbocycles. The molecule has 100 valence electrons. The quantitative estimate of drug-likeness (QED) is 0.899. The van der Waals surface area contributed by atoms with E-state index in [1.807, 2.05) is 6.92 Å². The van der Waals surface area contributed by atoms with E-state index < -0.39 is 0 Å². The van der Waals surface area contributed by atoms with Crippen LogP contribution in [0.25, 0.3) is 0 Å². The van der Waals surface area contributed by atoms with E-state index >= 15 is 0 Å². The third kappa shape index (κ3) is 3.23. The van der Waals surface area contributed by atoms with Crippen molar-refractivity contribution in [2.24, 2.45) is 7.05 Å². The Morgan fingerprint density at radius 2 is 2.26 bits per heavy atom. The molecule has 0 saturated heterocycles. The number of hydrogen-bond acceptors (Lipinski definition) is 4. The zero-order valence-electron chi connectivity index (χ0n) is 10.6. The van der Waals surface area contributed by atoms with Gasteiger partial charge in [-0.15, -0.1) is 0 Å². The molecule has 2 aromatic heterocycles. The SMILES string of the molecule is CCNc1ccc(NC(=O)c2cc(Cl)n(C)n2)cn1. The van der Waals surface area contributed by atoms with Gasteiger partial charge >= 0.3 is 0 Å². The van der Waals surface area contributed by atoms with Crippen molar-refractivity contribution in [3.8, 4) is 0 Å². The van der Waals surface area contributed by atoms with Gasteiger partial charge in [0.05, 0.1) is 11.9 Å². The minimum absolute atomic E-state index is 0.267. The molecule has 7 heteroatoms. The van der Waals surface area contributed by atoms with Gasteiger partial charge in [-0.2, -0.15) is 5.10 Å². The highest BCUT2D eigenvalue weighted by molar-refractivity contribution is 6.30. The van der Waals surface area contributed by atoms with Crippen LogP contribution in [-0.4, -0.2) is 27.2 Å². The molecule has 0 atom stereocenters. The molecule has 1 amide bonds. The van der Waals surface area contributed by atoms with Crippen molar-refractivity contribution in [1.29, 1.82) is 0 Å². The van der Waals surface area contributed by atoms with Crippen molar-refractivity contribution < 1.29 is 4.79 Å². The van der Waals surface area contributed by atoms with Crippen LogP contribution >= 0.6 is 11.6 Å². The first-order valence-electron chi connectivity index (χ1n) is 5.81.